The predicted octanol–water partition coefficient (Wildman–Crippen LogP) is 2.09. The fraction of sp³-hybridized carbons (Fsp3) is 0.462. The van der Waals surface area contributed by atoms with Crippen molar-refractivity contribution in [1.82, 2.24) is 5.48 Å². The lowest BCUT2D eigenvalue weighted by Gasteiger charge is -2.40. The van der Waals surface area contributed by atoms with Crippen LogP contribution in [-0.4, -0.2) is 13.0 Å². The lowest BCUT2D eigenvalue weighted by molar-refractivity contribution is -0.140. The van der Waals surface area contributed by atoms with Crippen molar-refractivity contribution < 1.29 is 9.63 Å². The SMILES string of the molecule is CONC(=O)C1(c2cccc(C)c2)CCC1. The van der Waals surface area contributed by atoms with E-state index < -0.39 is 0 Å². The molecule has 1 fully saturated rings. The first-order valence-electron chi connectivity index (χ1n) is 5.59. The summed E-state index contributed by atoms with van der Waals surface area (Å²) in [6.07, 6.45) is 2.92. The van der Waals surface area contributed by atoms with Crippen molar-refractivity contribution in [3.8, 4) is 0 Å². The number of hydrogen-bond donors (Lipinski definition) is 1. The number of hydroxylamine groups is 1. The molecule has 0 saturated heterocycles. The summed E-state index contributed by atoms with van der Waals surface area (Å²) in [6.45, 7) is 2.05. The Kier molecular flexibility index (Phi) is 2.97. The molecule has 1 amide bonds. The van der Waals surface area contributed by atoms with Crippen LogP contribution >= 0.6 is 0 Å². The quantitative estimate of drug-likeness (QED) is 0.790. The number of aryl methyl sites for hydroxylation is 1. The third kappa shape index (κ3) is 1.71. The molecule has 1 aliphatic carbocycles. The van der Waals surface area contributed by atoms with E-state index in [1.165, 1.54) is 12.7 Å². The highest BCUT2D eigenvalue weighted by molar-refractivity contribution is 5.88. The maximum Gasteiger partial charge on any atom is 0.254 e. The van der Waals surface area contributed by atoms with E-state index in [0.29, 0.717) is 0 Å². The van der Waals surface area contributed by atoms with E-state index in [-0.39, 0.29) is 11.3 Å². The summed E-state index contributed by atoms with van der Waals surface area (Å²) in [5.74, 6) is -0.0214. The summed E-state index contributed by atoms with van der Waals surface area (Å²) in [5, 5.41) is 0. The highest BCUT2D eigenvalue weighted by Gasteiger charge is 2.45. The van der Waals surface area contributed by atoms with Gasteiger partial charge in [-0.15, -0.1) is 0 Å². The monoisotopic (exact) mass is 219 g/mol. The zero-order chi connectivity index (χ0) is 11.6. The summed E-state index contributed by atoms with van der Waals surface area (Å²) in [6, 6.07) is 8.17. The second-order valence-corrected chi connectivity index (χ2v) is 4.44. The minimum absolute atomic E-state index is 0.0214. The number of rotatable bonds is 3. The Balaban J connectivity index is 2.31. The standard InChI is InChI=1S/C13H17NO2/c1-10-5-3-6-11(9-10)13(7-4-8-13)12(15)14-16-2/h3,5-6,9H,4,7-8H2,1-2H3,(H,14,15). The van der Waals surface area contributed by atoms with Gasteiger partial charge >= 0.3 is 0 Å². The van der Waals surface area contributed by atoms with Crippen LogP contribution in [0.4, 0.5) is 0 Å². The molecule has 0 heterocycles. The highest BCUT2D eigenvalue weighted by atomic mass is 16.6. The second-order valence-electron chi connectivity index (χ2n) is 4.44. The largest absolute Gasteiger partial charge is 0.277 e. The van der Waals surface area contributed by atoms with Crippen molar-refractivity contribution in [2.75, 3.05) is 7.11 Å². The van der Waals surface area contributed by atoms with E-state index in [2.05, 4.69) is 11.5 Å². The minimum Gasteiger partial charge on any atom is -0.277 e. The molecule has 1 aromatic rings. The van der Waals surface area contributed by atoms with Crippen LogP contribution in [0, 0.1) is 6.92 Å². The average molecular weight is 219 g/mol. The van der Waals surface area contributed by atoms with Crippen LogP contribution in [0.3, 0.4) is 0 Å². The molecule has 0 unspecified atom stereocenters. The Bertz CT molecular complexity index is 397. The number of amides is 1. The van der Waals surface area contributed by atoms with Gasteiger partial charge in [-0.1, -0.05) is 36.2 Å². The molecule has 0 aliphatic heterocycles. The molecular weight excluding hydrogens is 202 g/mol. The molecule has 1 aliphatic rings. The summed E-state index contributed by atoms with van der Waals surface area (Å²) in [4.78, 5) is 16.8. The topological polar surface area (TPSA) is 38.3 Å². The van der Waals surface area contributed by atoms with Gasteiger partial charge in [-0.05, 0) is 25.3 Å². The van der Waals surface area contributed by atoms with Crippen LogP contribution in [-0.2, 0) is 15.0 Å². The fourth-order valence-electron chi connectivity index (χ4n) is 2.31. The van der Waals surface area contributed by atoms with Crippen LogP contribution in [0.25, 0.3) is 0 Å². The first-order chi connectivity index (χ1) is 7.69. The van der Waals surface area contributed by atoms with E-state index in [0.717, 1.165) is 24.8 Å². The van der Waals surface area contributed by atoms with E-state index in [4.69, 9.17) is 4.84 Å². The highest BCUT2D eigenvalue weighted by Crippen LogP contribution is 2.44. The van der Waals surface area contributed by atoms with Crippen LogP contribution in [0.5, 0.6) is 0 Å². The Morgan fingerprint density at radius 3 is 2.69 bits per heavy atom. The molecule has 0 aromatic heterocycles. The summed E-state index contributed by atoms with van der Waals surface area (Å²) >= 11 is 0. The zero-order valence-corrected chi connectivity index (χ0v) is 9.75. The Morgan fingerprint density at radius 1 is 1.44 bits per heavy atom. The van der Waals surface area contributed by atoms with E-state index in [1.807, 2.05) is 25.1 Å². The summed E-state index contributed by atoms with van der Waals surface area (Å²) in [5.41, 5.74) is 4.40. The lowest BCUT2D eigenvalue weighted by Crippen LogP contribution is -2.48. The van der Waals surface area contributed by atoms with Crippen molar-refractivity contribution >= 4 is 5.91 Å². The van der Waals surface area contributed by atoms with Gasteiger partial charge in [0.2, 0.25) is 0 Å². The molecule has 3 nitrogen and oxygen atoms in total. The van der Waals surface area contributed by atoms with Gasteiger partial charge in [0.25, 0.3) is 5.91 Å². The number of hydrogen-bond acceptors (Lipinski definition) is 2. The maximum atomic E-state index is 12.0. The molecule has 3 heteroatoms. The molecule has 1 N–H and O–H groups in total. The van der Waals surface area contributed by atoms with Crippen LogP contribution in [0.15, 0.2) is 24.3 Å². The summed E-state index contributed by atoms with van der Waals surface area (Å²) < 4.78 is 0. The molecular formula is C13H17NO2. The number of nitrogens with one attached hydrogen (secondary N) is 1. The Hall–Kier alpha value is -1.35. The van der Waals surface area contributed by atoms with E-state index >= 15 is 0 Å². The molecule has 0 atom stereocenters. The van der Waals surface area contributed by atoms with Crippen LogP contribution in [0.1, 0.15) is 30.4 Å². The molecule has 0 radical (unpaired) electrons. The molecule has 0 bridgehead atoms. The van der Waals surface area contributed by atoms with Gasteiger partial charge in [0.1, 0.15) is 0 Å². The van der Waals surface area contributed by atoms with Crippen molar-refractivity contribution in [1.29, 1.82) is 0 Å². The molecule has 2 rings (SSSR count). The van der Waals surface area contributed by atoms with Gasteiger partial charge in [-0.25, -0.2) is 5.48 Å². The van der Waals surface area contributed by atoms with Crippen molar-refractivity contribution in [2.45, 2.75) is 31.6 Å². The second kappa shape index (κ2) is 4.26. The minimum atomic E-state index is -0.359. The van der Waals surface area contributed by atoms with Gasteiger partial charge in [0.05, 0.1) is 12.5 Å². The molecule has 16 heavy (non-hydrogen) atoms. The maximum absolute atomic E-state index is 12.0. The normalized spacial score (nSPS) is 17.6. The molecule has 0 spiro atoms. The van der Waals surface area contributed by atoms with Crippen molar-refractivity contribution in [2.24, 2.45) is 0 Å². The number of benzene rings is 1. The molecule has 1 saturated carbocycles. The molecule has 86 valence electrons. The zero-order valence-electron chi connectivity index (χ0n) is 9.75. The first kappa shape index (κ1) is 11.1. The van der Waals surface area contributed by atoms with E-state index in [9.17, 15) is 4.79 Å². The third-order valence-corrected chi connectivity index (χ3v) is 3.41. The number of carbonyl (C=O) groups excluding carboxylic acids is 1. The van der Waals surface area contributed by atoms with Crippen molar-refractivity contribution in [3.05, 3.63) is 35.4 Å². The number of carbonyl (C=O) groups is 1. The first-order valence-corrected chi connectivity index (χ1v) is 5.59. The lowest BCUT2D eigenvalue weighted by atomic mass is 9.64. The smallest absolute Gasteiger partial charge is 0.254 e. The Labute approximate surface area is 95.8 Å². The van der Waals surface area contributed by atoms with Gasteiger partial charge < -0.3 is 0 Å². The van der Waals surface area contributed by atoms with Crippen LogP contribution in [0.2, 0.25) is 0 Å². The van der Waals surface area contributed by atoms with Gasteiger partial charge in [-0.3, -0.25) is 9.63 Å². The van der Waals surface area contributed by atoms with Gasteiger partial charge in [-0.2, -0.15) is 0 Å². The summed E-state index contributed by atoms with van der Waals surface area (Å²) in [7, 11) is 1.47. The fourth-order valence-corrected chi connectivity index (χ4v) is 2.31. The Morgan fingerprint density at radius 2 is 2.19 bits per heavy atom. The third-order valence-electron chi connectivity index (χ3n) is 3.41. The van der Waals surface area contributed by atoms with E-state index in [1.54, 1.807) is 0 Å². The molecule has 1 aromatic carbocycles. The van der Waals surface area contributed by atoms with Crippen molar-refractivity contribution in [3.63, 3.8) is 0 Å². The van der Waals surface area contributed by atoms with Gasteiger partial charge in [0, 0.05) is 0 Å². The van der Waals surface area contributed by atoms with Crippen LogP contribution < -0.4 is 5.48 Å². The van der Waals surface area contributed by atoms with Gasteiger partial charge in [0.15, 0.2) is 0 Å². The average Bonchev–Trinajstić information content (AvgIpc) is 2.16. The predicted molar refractivity (Wildman–Crippen MR) is 61.9 cm³/mol.